The van der Waals surface area contributed by atoms with Crippen molar-refractivity contribution < 1.29 is 27.5 Å². The average molecular weight is 479 g/mol. The molecule has 2 heterocycles. The number of thioether (sulfide) groups is 1. The van der Waals surface area contributed by atoms with Crippen molar-refractivity contribution in [2.75, 3.05) is 24.3 Å². The van der Waals surface area contributed by atoms with Crippen LogP contribution in [0.3, 0.4) is 0 Å². The molecule has 0 aliphatic carbocycles. The Bertz CT molecular complexity index is 1070. The summed E-state index contributed by atoms with van der Waals surface area (Å²) in [7, 11) is 1.54. The largest absolute Gasteiger partial charge is 0.497 e. The third-order valence-corrected chi connectivity index (χ3v) is 7.33. The average Bonchev–Trinajstić information content (AvgIpc) is 3.30. The molecule has 176 valence electrons. The molecule has 1 atom stereocenters. The molecule has 2 aromatic rings. The molecule has 1 saturated heterocycles. The van der Waals surface area contributed by atoms with Gasteiger partial charge in [-0.2, -0.15) is 13.2 Å². The summed E-state index contributed by atoms with van der Waals surface area (Å²) < 4.78 is 44.2. The quantitative estimate of drug-likeness (QED) is 0.605. The van der Waals surface area contributed by atoms with Gasteiger partial charge < -0.3 is 14.5 Å². The normalized spacial score (nSPS) is 20.2. The van der Waals surface area contributed by atoms with Crippen molar-refractivity contribution in [1.82, 2.24) is 4.90 Å². The van der Waals surface area contributed by atoms with Gasteiger partial charge in [0.2, 0.25) is 5.91 Å². The first-order chi connectivity index (χ1) is 15.6. The standard InChI is InChI=1S/C24H25F3N2O3S/c1-15(2)12-21(30)29-10-11-33-23(29)19-13-18(32-3)8-9-20(19)28(22(23)31)14-16-4-6-17(7-5-16)24(25,26)27/h4-9,13,15H,10-12,14H2,1-3H3. The molecule has 2 aromatic carbocycles. The highest BCUT2D eigenvalue weighted by molar-refractivity contribution is 8.01. The van der Waals surface area contributed by atoms with Crippen LogP contribution in [-0.4, -0.2) is 36.1 Å². The molecular weight excluding hydrogens is 453 g/mol. The smallest absolute Gasteiger partial charge is 0.416 e. The summed E-state index contributed by atoms with van der Waals surface area (Å²) in [5, 5.41) is 0. The third-order valence-electron chi connectivity index (χ3n) is 5.91. The highest BCUT2D eigenvalue weighted by Crippen LogP contribution is 2.55. The number of anilines is 1. The fraction of sp³-hybridized carbons (Fsp3) is 0.417. The zero-order valence-electron chi connectivity index (χ0n) is 18.6. The van der Waals surface area contributed by atoms with Crippen molar-refractivity contribution in [2.45, 2.75) is 37.9 Å². The minimum absolute atomic E-state index is 0.0894. The first-order valence-corrected chi connectivity index (χ1v) is 11.7. The molecule has 1 fully saturated rings. The molecule has 2 aliphatic heterocycles. The van der Waals surface area contributed by atoms with E-state index in [-0.39, 0.29) is 24.3 Å². The minimum Gasteiger partial charge on any atom is -0.497 e. The Kier molecular flexibility index (Phi) is 6.11. The van der Waals surface area contributed by atoms with Crippen molar-refractivity contribution in [3.63, 3.8) is 0 Å². The van der Waals surface area contributed by atoms with Crippen molar-refractivity contribution in [3.8, 4) is 5.75 Å². The molecule has 9 heteroatoms. The van der Waals surface area contributed by atoms with Crippen LogP contribution in [0.5, 0.6) is 5.75 Å². The van der Waals surface area contributed by atoms with E-state index in [2.05, 4.69) is 0 Å². The van der Waals surface area contributed by atoms with Gasteiger partial charge in [0.15, 0.2) is 4.87 Å². The van der Waals surface area contributed by atoms with Crippen molar-refractivity contribution >= 4 is 29.3 Å². The van der Waals surface area contributed by atoms with Crippen LogP contribution in [-0.2, 0) is 27.2 Å². The molecule has 0 bridgehead atoms. The number of rotatable bonds is 5. The maximum Gasteiger partial charge on any atom is 0.416 e. The number of hydrogen-bond donors (Lipinski definition) is 0. The topological polar surface area (TPSA) is 49.9 Å². The van der Waals surface area contributed by atoms with E-state index < -0.39 is 16.6 Å². The summed E-state index contributed by atoms with van der Waals surface area (Å²) >= 11 is 1.42. The third kappa shape index (κ3) is 4.07. The lowest BCUT2D eigenvalue weighted by atomic mass is 10.0. The van der Waals surface area contributed by atoms with E-state index in [1.807, 2.05) is 13.8 Å². The number of carbonyl (C=O) groups is 2. The lowest BCUT2D eigenvalue weighted by Crippen LogP contribution is -2.50. The van der Waals surface area contributed by atoms with Gasteiger partial charge in [0.1, 0.15) is 5.75 Å². The van der Waals surface area contributed by atoms with Gasteiger partial charge in [0.25, 0.3) is 5.91 Å². The summed E-state index contributed by atoms with van der Waals surface area (Å²) in [6, 6.07) is 10.1. The van der Waals surface area contributed by atoms with Crippen LogP contribution in [0, 0.1) is 5.92 Å². The number of amides is 2. The lowest BCUT2D eigenvalue weighted by molar-refractivity contribution is -0.140. The molecule has 1 spiro atoms. The zero-order valence-corrected chi connectivity index (χ0v) is 19.4. The number of ether oxygens (including phenoxy) is 1. The second-order valence-corrected chi connectivity index (χ2v) is 9.89. The Morgan fingerprint density at radius 2 is 1.88 bits per heavy atom. The Balaban J connectivity index is 1.74. The Hall–Kier alpha value is -2.68. The van der Waals surface area contributed by atoms with Gasteiger partial charge in [-0.1, -0.05) is 26.0 Å². The monoisotopic (exact) mass is 478 g/mol. The van der Waals surface area contributed by atoms with Crippen molar-refractivity contribution in [2.24, 2.45) is 5.92 Å². The summed E-state index contributed by atoms with van der Waals surface area (Å²) in [5.74, 6) is 0.977. The van der Waals surface area contributed by atoms with Crippen LogP contribution in [0.2, 0.25) is 0 Å². The SMILES string of the molecule is COc1ccc2c(c1)C1(SCCN1C(=O)CC(C)C)C(=O)N2Cc1ccc(C(F)(F)F)cc1. The minimum atomic E-state index is -4.42. The molecule has 0 aromatic heterocycles. The van der Waals surface area contributed by atoms with Crippen molar-refractivity contribution in [1.29, 1.82) is 0 Å². The molecule has 1 unspecified atom stereocenters. The summed E-state index contributed by atoms with van der Waals surface area (Å²) in [5.41, 5.74) is 1.14. The van der Waals surface area contributed by atoms with Gasteiger partial charge >= 0.3 is 6.18 Å². The summed E-state index contributed by atoms with van der Waals surface area (Å²) in [6.45, 7) is 4.47. The molecular formula is C24H25F3N2O3S. The summed E-state index contributed by atoms with van der Waals surface area (Å²) in [6.07, 6.45) is -4.10. The van der Waals surface area contributed by atoms with E-state index in [0.717, 1.165) is 12.1 Å². The Morgan fingerprint density at radius 3 is 2.48 bits per heavy atom. The predicted molar refractivity (Wildman–Crippen MR) is 121 cm³/mol. The number of hydrogen-bond acceptors (Lipinski definition) is 4. The fourth-order valence-corrected chi connectivity index (χ4v) is 5.85. The molecule has 0 saturated carbocycles. The molecule has 5 nitrogen and oxygen atoms in total. The van der Waals surface area contributed by atoms with Crippen LogP contribution in [0.15, 0.2) is 42.5 Å². The van der Waals surface area contributed by atoms with E-state index in [0.29, 0.717) is 41.3 Å². The number of nitrogens with zero attached hydrogens (tertiary/aromatic N) is 2. The van der Waals surface area contributed by atoms with Crippen LogP contribution >= 0.6 is 11.8 Å². The van der Waals surface area contributed by atoms with Gasteiger partial charge in [-0.3, -0.25) is 9.59 Å². The van der Waals surface area contributed by atoms with Crippen LogP contribution < -0.4 is 9.64 Å². The highest BCUT2D eigenvalue weighted by Gasteiger charge is 2.59. The Labute approximate surface area is 194 Å². The maximum atomic E-state index is 13.9. The van der Waals surface area contributed by atoms with Crippen molar-refractivity contribution in [3.05, 3.63) is 59.2 Å². The highest BCUT2D eigenvalue weighted by atomic mass is 32.2. The number of alkyl halides is 3. The molecule has 2 amide bonds. The van der Waals surface area contributed by atoms with Gasteiger partial charge in [-0.05, 0) is 41.8 Å². The molecule has 4 rings (SSSR count). The number of carbonyl (C=O) groups excluding carboxylic acids is 2. The van der Waals surface area contributed by atoms with E-state index in [1.54, 1.807) is 28.0 Å². The van der Waals surface area contributed by atoms with Gasteiger partial charge in [0.05, 0.1) is 24.9 Å². The predicted octanol–water partition coefficient (Wildman–Crippen LogP) is 5.04. The maximum absolute atomic E-state index is 13.9. The second-order valence-electron chi connectivity index (χ2n) is 8.60. The second kappa shape index (κ2) is 8.59. The van der Waals surface area contributed by atoms with Gasteiger partial charge in [-0.15, -0.1) is 11.8 Å². The molecule has 33 heavy (non-hydrogen) atoms. The van der Waals surface area contributed by atoms with E-state index in [1.165, 1.54) is 31.0 Å². The lowest BCUT2D eigenvalue weighted by Gasteiger charge is -2.33. The van der Waals surface area contributed by atoms with Gasteiger partial charge in [-0.25, -0.2) is 0 Å². The summed E-state index contributed by atoms with van der Waals surface area (Å²) in [4.78, 5) is 29.1. The fourth-order valence-electron chi connectivity index (χ4n) is 4.38. The number of fused-ring (bicyclic) bond motifs is 2. The zero-order chi connectivity index (χ0) is 24.0. The molecule has 0 radical (unpaired) electrons. The van der Waals surface area contributed by atoms with E-state index in [4.69, 9.17) is 4.74 Å². The molecule has 0 N–H and O–H groups in total. The first-order valence-electron chi connectivity index (χ1n) is 10.7. The van der Waals surface area contributed by atoms with Crippen LogP contribution in [0.1, 0.15) is 37.0 Å². The van der Waals surface area contributed by atoms with E-state index in [9.17, 15) is 22.8 Å². The first kappa shape index (κ1) is 23.5. The van der Waals surface area contributed by atoms with Crippen LogP contribution in [0.4, 0.5) is 18.9 Å². The van der Waals surface area contributed by atoms with Gasteiger partial charge in [0, 0.05) is 24.3 Å². The number of halogens is 3. The van der Waals surface area contributed by atoms with Crippen LogP contribution in [0.25, 0.3) is 0 Å². The van der Waals surface area contributed by atoms with E-state index >= 15 is 0 Å². The Morgan fingerprint density at radius 1 is 1.18 bits per heavy atom. The molecule has 2 aliphatic rings. The number of methoxy groups -OCH3 is 1. The number of benzene rings is 2.